The fourth-order valence-electron chi connectivity index (χ4n) is 2.01. The summed E-state index contributed by atoms with van der Waals surface area (Å²) in [6.07, 6.45) is -1.53. The van der Waals surface area contributed by atoms with Crippen molar-refractivity contribution in [2.24, 2.45) is 0 Å². The van der Waals surface area contributed by atoms with Crippen LogP contribution in [0.3, 0.4) is 0 Å². The summed E-state index contributed by atoms with van der Waals surface area (Å²) < 4.78 is 37.5. The van der Waals surface area contributed by atoms with Crippen molar-refractivity contribution in [3.8, 4) is 0 Å². The summed E-state index contributed by atoms with van der Waals surface area (Å²) in [5.41, 5.74) is 2.35. The first kappa shape index (κ1) is 14.4. The lowest BCUT2D eigenvalue weighted by Crippen LogP contribution is -2.04. The third kappa shape index (κ3) is 3.50. The molecule has 0 aliphatic heterocycles. The molecular weight excluding hydrogens is 261 g/mol. The van der Waals surface area contributed by atoms with Crippen LogP contribution in [0.25, 0.3) is 11.6 Å². The topological polar surface area (TPSA) is 0 Å². The van der Waals surface area contributed by atoms with Crippen LogP contribution in [0.4, 0.5) is 13.2 Å². The molecular formula is C17H15F3. The monoisotopic (exact) mass is 276 g/mol. The van der Waals surface area contributed by atoms with E-state index in [0.29, 0.717) is 0 Å². The molecule has 0 nitrogen and oxygen atoms in total. The van der Waals surface area contributed by atoms with Gasteiger partial charge in [-0.1, -0.05) is 55.5 Å². The lowest BCUT2D eigenvalue weighted by Gasteiger charge is -2.08. The molecule has 0 heterocycles. The molecule has 20 heavy (non-hydrogen) atoms. The number of hydrogen-bond acceptors (Lipinski definition) is 0. The molecule has 0 aromatic heterocycles. The van der Waals surface area contributed by atoms with Crippen molar-refractivity contribution in [3.05, 3.63) is 71.3 Å². The van der Waals surface area contributed by atoms with Gasteiger partial charge >= 0.3 is 6.18 Å². The summed E-state index contributed by atoms with van der Waals surface area (Å²) in [6.45, 7) is 2.03. The maximum atomic E-state index is 12.5. The third-order valence-electron chi connectivity index (χ3n) is 3.10. The molecule has 0 aliphatic rings. The molecule has 0 saturated carbocycles. The Morgan fingerprint density at radius 3 is 2.05 bits per heavy atom. The maximum Gasteiger partial charge on any atom is 0.416 e. The van der Waals surface area contributed by atoms with Gasteiger partial charge in [0.2, 0.25) is 0 Å². The molecule has 0 bridgehead atoms. The highest BCUT2D eigenvalue weighted by Crippen LogP contribution is 2.30. The quantitative estimate of drug-likeness (QED) is 0.635. The molecule has 0 amide bonds. The molecule has 0 N–H and O–H groups in total. The van der Waals surface area contributed by atoms with Crippen LogP contribution in [0, 0.1) is 0 Å². The summed E-state index contributed by atoms with van der Waals surface area (Å²) in [5, 5.41) is 0. The van der Waals surface area contributed by atoms with E-state index in [-0.39, 0.29) is 0 Å². The van der Waals surface area contributed by atoms with Crippen molar-refractivity contribution in [3.63, 3.8) is 0 Å². The Labute approximate surface area is 116 Å². The maximum absolute atomic E-state index is 12.5. The lowest BCUT2D eigenvalue weighted by molar-refractivity contribution is -0.137. The normalized spacial score (nSPS) is 12.5. The van der Waals surface area contributed by atoms with Crippen molar-refractivity contribution in [1.29, 1.82) is 0 Å². The van der Waals surface area contributed by atoms with Crippen molar-refractivity contribution in [2.45, 2.75) is 19.5 Å². The van der Waals surface area contributed by atoms with Crippen molar-refractivity contribution < 1.29 is 13.2 Å². The van der Waals surface area contributed by atoms with E-state index in [9.17, 15) is 13.2 Å². The zero-order chi connectivity index (χ0) is 14.6. The Morgan fingerprint density at radius 1 is 0.950 bits per heavy atom. The predicted molar refractivity (Wildman–Crippen MR) is 76.0 cm³/mol. The lowest BCUT2D eigenvalue weighted by atomic mass is 10.0. The Balaban J connectivity index is 2.29. The molecule has 0 fully saturated rings. The molecule has 0 unspecified atom stereocenters. The summed E-state index contributed by atoms with van der Waals surface area (Å²) >= 11 is 0. The average molecular weight is 276 g/mol. The van der Waals surface area contributed by atoms with Crippen LogP contribution in [0.5, 0.6) is 0 Å². The van der Waals surface area contributed by atoms with Gasteiger partial charge in [-0.25, -0.2) is 0 Å². The van der Waals surface area contributed by atoms with E-state index in [0.717, 1.165) is 35.3 Å². The first-order valence-electron chi connectivity index (χ1n) is 6.44. The summed E-state index contributed by atoms with van der Waals surface area (Å²) in [7, 11) is 0. The minimum absolute atomic E-state index is 0.618. The van der Waals surface area contributed by atoms with Crippen LogP contribution < -0.4 is 0 Å². The molecule has 2 aromatic carbocycles. The highest BCUT2D eigenvalue weighted by Gasteiger charge is 2.29. The van der Waals surface area contributed by atoms with Gasteiger partial charge in [-0.2, -0.15) is 13.2 Å². The number of hydrogen-bond donors (Lipinski definition) is 0. The standard InChI is InChI=1S/C17H15F3/c1-2-14(15-6-4-3-5-7-15)12-13-8-10-16(11-9-13)17(18,19)20/h3-12H,2H2,1H3/b14-12+. The Bertz CT molecular complexity index is 578. The van der Waals surface area contributed by atoms with E-state index in [4.69, 9.17) is 0 Å². The summed E-state index contributed by atoms with van der Waals surface area (Å²) in [5.74, 6) is 0. The Hall–Kier alpha value is -2.03. The first-order valence-corrected chi connectivity index (χ1v) is 6.44. The minimum Gasteiger partial charge on any atom is -0.166 e. The average Bonchev–Trinajstić information content (AvgIpc) is 2.45. The van der Waals surface area contributed by atoms with E-state index >= 15 is 0 Å². The molecule has 104 valence electrons. The molecule has 0 radical (unpaired) electrons. The van der Waals surface area contributed by atoms with Gasteiger partial charge in [0.15, 0.2) is 0 Å². The molecule has 0 saturated heterocycles. The SMILES string of the molecule is CC/C(=C\c1ccc(C(F)(F)F)cc1)c1ccccc1. The van der Waals surface area contributed by atoms with E-state index < -0.39 is 11.7 Å². The fourth-order valence-corrected chi connectivity index (χ4v) is 2.01. The second kappa shape index (κ2) is 5.95. The third-order valence-corrected chi connectivity index (χ3v) is 3.10. The van der Waals surface area contributed by atoms with Gasteiger partial charge < -0.3 is 0 Å². The van der Waals surface area contributed by atoms with Crippen molar-refractivity contribution in [1.82, 2.24) is 0 Å². The van der Waals surface area contributed by atoms with E-state index in [1.165, 1.54) is 12.1 Å². The molecule has 2 aromatic rings. The number of allylic oxidation sites excluding steroid dienone is 1. The molecule has 2 rings (SSSR count). The minimum atomic E-state index is -4.28. The molecule has 0 spiro atoms. The molecule has 3 heteroatoms. The second-order valence-corrected chi connectivity index (χ2v) is 4.51. The Morgan fingerprint density at radius 2 is 1.55 bits per heavy atom. The smallest absolute Gasteiger partial charge is 0.166 e. The first-order chi connectivity index (χ1) is 9.50. The van der Waals surface area contributed by atoms with Crippen LogP contribution in [-0.4, -0.2) is 0 Å². The van der Waals surface area contributed by atoms with Crippen molar-refractivity contribution >= 4 is 11.6 Å². The van der Waals surface area contributed by atoms with E-state index in [1.54, 1.807) is 0 Å². The Kier molecular flexibility index (Phi) is 4.28. The number of benzene rings is 2. The van der Waals surface area contributed by atoms with Gasteiger partial charge in [-0.3, -0.25) is 0 Å². The van der Waals surface area contributed by atoms with Crippen LogP contribution in [-0.2, 0) is 6.18 Å². The summed E-state index contributed by atoms with van der Waals surface area (Å²) in [6, 6.07) is 15.1. The van der Waals surface area contributed by atoms with Gasteiger partial charge in [-0.15, -0.1) is 0 Å². The highest BCUT2D eigenvalue weighted by atomic mass is 19.4. The molecule has 0 atom stereocenters. The number of rotatable bonds is 3. The zero-order valence-electron chi connectivity index (χ0n) is 11.1. The second-order valence-electron chi connectivity index (χ2n) is 4.51. The van der Waals surface area contributed by atoms with Gasteiger partial charge in [-0.05, 0) is 35.3 Å². The van der Waals surface area contributed by atoms with Gasteiger partial charge in [0.1, 0.15) is 0 Å². The number of alkyl halides is 3. The predicted octanol–water partition coefficient (Wildman–Crippen LogP) is 5.66. The number of halogens is 3. The largest absolute Gasteiger partial charge is 0.416 e. The van der Waals surface area contributed by atoms with E-state index in [1.807, 2.05) is 43.3 Å². The van der Waals surface area contributed by atoms with Gasteiger partial charge in [0.05, 0.1) is 5.56 Å². The molecule has 0 aliphatic carbocycles. The van der Waals surface area contributed by atoms with Crippen LogP contribution in [0.1, 0.15) is 30.0 Å². The van der Waals surface area contributed by atoms with Gasteiger partial charge in [0.25, 0.3) is 0 Å². The van der Waals surface area contributed by atoms with Crippen LogP contribution >= 0.6 is 0 Å². The van der Waals surface area contributed by atoms with Gasteiger partial charge in [0, 0.05) is 0 Å². The van der Waals surface area contributed by atoms with Crippen LogP contribution in [0.2, 0.25) is 0 Å². The zero-order valence-corrected chi connectivity index (χ0v) is 11.1. The van der Waals surface area contributed by atoms with Crippen molar-refractivity contribution in [2.75, 3.05) is 0 Å². The van der Waals surface area contributed by atoms with E-state index in [2.05, 4.69) is 0 Å². The summed E-state index contributed by atoms with van der Waals surface area (Å²) in [4.78, 5) is 0. The highest BCUT2D eigenvalue weighted by molar-refractivity contribution is 5.81. The fraction of sp³-hybridized carbons (Fsp3) is 0.176. The van der Waals surface area contributed by atoms with Crippen LogP contribution in [0.15, 0.2) is 54.6 Å².